The van der Waals surface area contributed by atoms with Crippen LogP contribution in [-0.4, -0.2) is 26.0 Å². The first-order chi connectivity index (χ1) is 15.8. The molecule has 4 rings (SSSR count). The number of hydrogen-bond acceptors (Lipinski definition) is 4. The van der Waals surface area contributed by atoms with Crippen molar-refractivity contribution in [3.63, 3.8) is 0 Å². The van der Waals surface area contributed by atoms with E-state index in [1.165, 1.54) is 0 Å². The van der Waals surface area contributed by atoms with Crippen molar-refractivity contribution in [2.45, 2.75) is 31.3 Å². The number of nitrogens with zero attached hydrogens (tertiary/aromatic N) is 1. The summed E-state index contributed by atoms with van der Waals surface area (Å²) in [5.74, 6) is -0.217. The number of benzene rings is 3. The molecule has 0 saturated carbocycles. The molecule has 1 fully saturated rings. The molecule has 0 aromatic heterocycles. The van der Waals surface area contributed by atoms with Crippen molar-refractivity contribution in [3.05, 3.63) is 95.6 Å². The van der Waals surface area contributed by atoms with Crippen LogP contribution in [0.3, 0.4) is 0 Å². The van der Waals surface area contributed by atoms with Gasteiger partial charge in [0.15, 0.2) is 9.84 Å². The number of carbonyl (C=O) groups is 2. The van der Waals surface area contributed by atoms with E-state index < -0.39 is 9.84 Å². The van der Waals surface area contributed by atoms with Gasteiger partial charge in [0.05, 0.1) is 22.6 Å². The molecule has 3 aromatic carbocycles. The van der Waals surface area contributed by atoms with Gasteiger partial charge in [-0.05, 0) is 47.5 Å². The standard InChI is InChI=1S/C26H26N2O4S/c1-3-33(31,32)23-15-9-19(10-16-23)17-27-25(29)21-11-13-22(14-12-21)28-24(18(2)26(28)30)20-7-5-4-6-8-20/h4-16,18,24H,3,17H2,1-2H3,(H,27,29)/t18-,24+/m1/s1. The predicted octanol–water partition coefficient (Wildman–Crippen LogP) is 4.13. The molecular formula is C26H26N2O4S. The molecule has 0 radical (unpaired) electrons. The van der Waals surface area contributed by atoms with Crippen molar-refractivity contribution in [2.24, 2.45) is 5.92 Å². The van der Waals surface area contributed by atoms with Crippen LogP contribution < -0.4 is 10.2 Å². The number of rotatable bonds is 7. The lowest BCUT2D eigenvalue weighted by Crippen LogP contribution is -2.54. The van der Waals surface area contributed by atoms with Crippen molar-refractivity contribution >= 4 is 27.3 Å². The number of β-lactam (4-membered cyclic amide) rings is 1. The molecule has 2 amide bonds. The number of nitrogens with one attached hydrogen (secondary N) is 1. The Morgan fingerprint density at radius 2 is 1.58 bits per heavy atom. The second-order valence-electron chi connectivity index (χ2n) is 8.13. The Morgan fingerprint density at radius 3 is 2.18 bits per heavy atom. The molecule has 1 saturated heterocycles. The lowest BCUT2D eigenvalue weighted by molar-refractivity contribution is -0.129. The maximum atomic E-state index is 12.6. The summed E-state index contributed by atoms with van der Waals surface area (Å²) in [4.78, 5) is 27.2. The van der Waals surface area contributed by atoms with Gasteiger partial charge in [-0.2, -0.15) is 0 Å². The highest BCUT2D eigenvalue weighted by Gasteiger charge is 2.45. The minimum Gasteiger partial charge on any atom is -0.348 e. The van der Waals surface area contributed by atoms with E-state index in [0.29, 0.717) is 5.56 Å². The molecule has 6 nitrogen and oxygen atoms in total. The van der Waals surface area contributed by atoms with Crippen LogP contribution in [0.1, 0.15) is 41.4 Å². The zero-order chi connectivity index (χ0) is 23.6. The zero-order valence-corrected chi connectivity index (χ0v) is 19.4. The van der Waals surface area contributed by atoms with Gasteiger partial charge in [-0.25, -0.2) is 8.42 Å². The molecule has 0 unspecified atom stereocenters. The maximum absolute atomic E-state index is 12.6. The zero-order valence-electron chi connectivity index (χ0n) is 18.6. The van der Waals surface area contributed by atoms with Gasteiger partial charge in [-0.15, -0.1) is 0 Å². The summed E-state index contributed by atoms with van der Waals surface area (Å²) in [5.41, 5.74) is 3.14. The third kappa shape index (κ3) is 4.54. The fourth-order valence-electron chi connectivity index (χ4n) is 4.05. The van der Waals surface area contributed by atoms with Crippen LogP contribution in [-0.2, 0) is 21.2 Å². The summed E-state index contributed by atoms with van der Waals surface area (Å²) in [6.45, 7) is 3.82. The lowest BCUT2D eigenvalue weighted by atomic mass is 9.83. The third-order valence-corrected chi connectivity index (χ3v) is 7.79. The van der Waals surface area contributed by atoms with Gasteiger partial charge in [0, 0.05) is 17.8 Å². The molecule has 0 spiro atoms. The van der Waals surface area contributed by atoms with E-state index >= 15 is 0 Å². The third-order valence-electron chi connectivity index (χ3n) is 6.04. The molecule has 3 aromatic rings. The number of hydrogen-bond donors (Lipinski definition) is 1. The van der Waals surface area contributed by atoms with Crippen LogP contribution >= 0.6 is 0 Å². The average Bonchev–Trinajstić information content (AvgIpc) is 2.86. The van der Waals surface area contributed by atoms with Gasteiger partial charge >= 0.3 is 0 Å². The SMILES string of the molecule is CCS(=O)(=O)c1ccc(CNC(=O)c2ccc(N3C(=O)[C@H](C)[C@H]3c3ccccc3)cc2)cc1. The number of carbonyl (C=O) groups excluding carboxylic acids is 2. The molecular weight excluding hydrogens is 436 g/mol. The lowest BCUT2D eigenvalue weighted by Gasteiger charge is -2.46. The van der Waals surface area contributed by atoms with Crippen LogP contribution in [0.5, 0.6) is 0 Å². The average molecular weight is 463 g/mol. The first-order valence-corrected chi connectivity index (χ1v) is 12.5. The van der Waals surface area contributed by atoms with Gasteiger partial charge in [-0.1, -0.05) is 56.3 Å². The molecule has 0 aliphatic carbocycles. The normalized spacial score (nSPS) is 18.0. The second-order valence-corrected chi connectivity index (χ2v) is 10.4. The molecule has 1 aliphatic rings. The summed E-state index contributed by atoms with van der Waals surface area (Å²) in [6, 6.07) is 23.4. The minimum absolute atomic E-state index is 0.0159. The van der Waals surface area contributed by atoms with E-state index in [1.54, 1.807) is 60.4 Å². The van der Waals surface area contributed by atoms with Gasteiger partial charge in [-0.3, -0.25) is 9.59 Å². The van der Waals surface area contributed by atoms with Crippen LogP contribution in [0.25, 0.3) is 0 Å². The predicted molar refractivity (Wildman–Crippen MR) is 128 cm³/mol. The summed E-state index contributed by atoms with van der Waals surface area (Å²) in [7, 11) is -3.24. The van der Waals surface area contributed by atoms with Crippen LogP contribution in [0.15, 0.2) is 83.8 Å². The molecule has 33 heavy (non-hydrogen) atoms. The second kappa shape index (κ2) is 9.19. The number of sulfone groups is 1. The van der Waals surface area contributed by atoms with Crippen molar-refractivity contribution in [1.82, 2.24) is 5.32 Å². The maximum Gasteiger partial charge on any atom is 0.251 e. The Balaban J connectivity index is 1.41. The fourth-order valence-corrected chi connectivity index (χ4v) is 4.93. The van der Waals surface area contributed by atoms with E-state index in [9.17, 15) is 18.0 Å². The van der Waals surface area contributed by atoms with E-state index in [0.717, 1.165) is 16.8 Å². The van der Waals surface area contributed by atoms with Crippen LogP contribution in [0, 0.1) is 5.92 Å². The quantitative estimate of drug-likeness (QED) is 0.535. The Hall–Kier alpha value is -3.45. The topological polar surface area (TPSA) is 83.6 Å². The van der Waals surface area contributed by atoms with E-state index in [1.807, 2.05) is 37.3 Å². The highest BCUT2D eigenvalue weighted by molar-refractivity contribution is 7.91. The largest absolute Gasteiger partial charge is 0.348 e. The molecule has 2 atom stereocenters. The molecule has 7 heteroatoms. The summed E-state index contributed by atoms with van der Waals surface area (Å²) in [5, 5.41) is 2.85. The summed E-state index contributed by atoms with van der Waals surface area (Å²) < 4.78 is 23.8. The van der Waals surface area contributed by atoms with Gasteiger partial charge in [0.2, 0.25) is 5.91 Å². The van der Waals surface area contributed by atoms with Gasteiger partial charge in [0.25, 0.3) is 5.91 Å². The number of amides is 2. The first kappa shape index (κ1) is 22.7. The molecule has 170 valence electrons. The molecule has 0 bridgehead atoms. The minimum atomic E-state index is -3.24. The Labute approximate surface area is 194 Å². The molecule has 1 aliphatic heterocycles. The molecule has 1 N–H and O–H groups in total. The summed E-state index contributed by atoms with van der Waals surface area (Å²) in [6.07, 6.45) is 0. The fraction of sp³-hybridized carbons (Fsp3) is 0.231. The Bertz CT molecular complexity index is 1250. The van der Waals surface area contributed by atoms with Crippen molar-refractivity contribution in [2.75, 3.05) is 10.7 Å². The smallest absolute Gasteiger partial charge is 0.251 e. The Morgan fingerprint density at radius 1 is 0.939 bits per heavy atom. The monoisotopic (exact) mass is 462 g/mol. The van der Waals surface area contributed by atoms with Gasteiger partial charge in [0.1, 0.15) is 0 Å². The molecule has 1 heterocycles. The first-order valence-electron chi connectivity index (χ1n) is 10.9. The van der Waals surface area contributed by atoms with Gasteiger partial charge < -0.3 is 10.2 Å². The summed E-state index contributed by atoms with van der Waals surface area (Å²) >= 11 is 0. The van der Waals surface area contributed by atoms with Crippen molar-refractivity contribution in [1.29, 1.82) is 0 Å². The number of anilines is 1. The van der Waals surface area contributed by atoms with Crippen molar-refractivity contribution < 1.29 is 18.0 Å². The highest BCUT2D eigenvalue weighted by atomic mass is 32.2. The van der Waals surface area contributed by atoms with Crippen LogP contribution in [0.2, 0.25) is 0 Å². The van der Waals surface area contributed by atoms with Crippen LogP contribution in [0.4, 0.5) is 5.69 Å². The van der Waals surface area contributed by atoms with Crippen molar-refractivity contribution in [3.8, 4) is 0 Å². The van der Waals surface area contributed by atoms with E-state index in [4.69, 9.17) is 0 Å². The highest BCUT2D eigenvalue weighted by Crippen LogP contribution is 2.43. The van der Waals surface area contributed by atoms with E-state index in [-0.39, 0.29) is 41.0 Å². The van der Waals surface area contributed by atoms with E-state index in [2.05, 4.69) is 5.32 Å². The Kier molecular flexibility index (Phi) is 6.33.